The molecule has 1 aromatic rings. The van der Waals surface area contributed by atoms with E-state index in [1.54, 1.807) is 0 Å². The molecule has 0 radical (unpaired) electrons. The lowest BCUT2D eigenvalue weighted by Crippen LogP contribution is -2.28. The predicted octanol–water partition coefficient (Wildman–Crippen LogP) is 2.00. The SMILES string of the molecule is CN(CCCBr)S(=O)(=O)c1ccc([N+](=O)[O-])cc1. The number of benzene rings is 1. The normalized spacial score (nSPS) is 11.7. The van der Waals surface area contributed by atoms with Crippen molar-refractivity contribution in [2.45, 2.75) is 11.3 Å². The van der Waals surface area contributed by atoms with E-state index in [1.807, 2.05) is 0 Å². The molecule has 0 aliphatic heterocycles. The number of nitrogens with zero attached hydrogens (tertiary/aromatic N) is 2. The first-order valence-electron chi connectivity index (χ1n) is 5.16. The lowest BCUT2D eigenvalue weighted by Gasteiger charge is -2.16. The van der Waals surface area contributed by atoms with E-state index in [9.17, 15) is 18.5 Å². The van der Waals surface area contributed by atoms with Gasteiger partial charge in [0, 0.05) is 31.1 Å². The molecule has 0 saturated carbocycles. The molecular weight excluding hydrogens is 324 g/mol. The first kappa shape index (κ1) is 15.1. The number of alkyl halides is 1. The quantitative estimate of drug-likeness (QED) is 0.452. The molecule has 1 aromatic carbocycles. The van der Waals surface area contributed by atoms with Crippen LogP contribution in [0.2, 0.25) is 0 Å². The van der Waals surface area contributed by atoms with Gasteiger partial charge in [0.25, 0.3) is 5.69 Å². The van der Waals surface area contributed by atoms with Gasteiger partial charge >= 0.3 is 0 Å². The van der Waals surface area contributed by atoms with Crippen LogP contribution < -0.4 is 0 Å². The Morgan fingerprint density at radius 2 is 1.89 bits per heavy atom. The standard InChI is InChI=1S/C10H13BrN2O4S/c1-12(8-2-7-11)18(16,17)10-5-3-9(4-6-10)13(14)15/h3-6H,2,7-8H2,1H3. The summed E-state index contributed by atoms with van der Waals surface area (Å²) in [6, 6.07) is 4.87. The highest BCUT2D eigenvalue weighted by atomic mass is 79.9. The number of hydrogen-bond donors (Lipinski definition) is 0. The van der Waals surface area contributed by atoms with E-state index in [0.717, 1.165) is 0 Å². The van der Waals surface area contributed by atoms with Crippen LogP contribution in [0.25, 0.3) is 0 Å². The zero-order valence-electron chi connectivity index (χ0n) is 9.74. The van der Waals surface area contributed by atoms with E-state index in [2.05, 4.69) is 15.9 Å². The molecule has 0 aliphatic rings. The van der Waals surface area contributed by atoms with Crippen molar-refractivity contribution >= 4 is 31.6 Å². The van der Waals surface area contributed by atoms with E-state index < -0.39 is 14.9 Å². The largest absolute Gasteiger partial charge is 0.269 e. The molecule has 0 aromatic heterocycles. The van der Waals surface area contributed by atoms with Crippen LogP contribution in [-0.2, 0) is 10.0 Å². The Morgan fingerprint density at radius 3 is 2.33 bits per heavy atom. The molecule has 1 rings (SSSR count). The summed E-state index contributed by atoms with van der Waals surface area (Å²) >= 11 is 3.23. The zero-order chi connectivity index (χ0) is 13.8. The van der Waals surface area contributed by atoms with Crippen LogP contribution in [0.3, 0.4) is 0 Å². The van der Waals surface area contributed by atoms with E-state index in [-0.39, 0.29) is 10.6 Å². The van der Waals surface area contributed by atoms with Crippen LogP contribution in [0, 0.1) is 10.1 Å². The van der Waals surface area contributed by atoms with E-state index in [1.165, 1.54) is 35.6 Å². The van der Waals surface area contributed by atoms with Gasteiger partial charge in [0.1, 0.15) is 0 Å². The highest BCUT2D eigenvalue weighted by Gasteiger charge is 2.20. The summed E-state index contributed by atoms with van der Waals surface area (Å²) in [6.07, 6.45) is 0.697. The Balaban J connectivity index is 2.94. The van der Waals surface area contributed by atoms with Crippen molar-refractivity contribution in [2.24, 2.45) is 0 Å². The monoisotopic (exact) mass is 336 g/mol. The molecule has 0 heterocycles. The second-order valence-electron chi connectivity index (χ2n) is 3.62. The molecule has 0 atom stereocenters. The Hall–Kier alpha value is -0.990. The van der Waals surface area contributed by atoms with Crippen LogP contribution in [-0.4, -0.2) is 36.6 Å². The maximum Gasteiger partial charge on any atom is 0.269 e. The Kier molecular flexibility index (Phi) is 5.24. The fourth-order valence-electron chi connectivity index (χ4n) is 1.32. The molecule has 0 spiro atoms. The highest BCUT2D eigenvalue weighted by molar-refractivity contribution is 9.09. The molecule has 0 unspecified atom stereocenters. The Labute approximate surface area is 114 Å². The van der Waals surface area contributed by atoms with Crippen molar-refractivity contribution in [2.75, 3.05) is 18.9 Å². The van der Waals surface area contributed by atoms with Crippen molar-refractivity contribution in [3.63, 3.8) is 0 Å². The third kappa shape index (κ3) is 3.50. The summed E-state index contributed by atoms with van der Waals surface area (Å²) in [6.45, 7) is 0.393. The minimum atomic E-state index is -3.56. The second-order valence-corrected chi connectivity index (χ2v) is 6.46. The van der Waals surface area contributed by atoms with Gasteiger partial charge in [0.2, 0.25) is 10.0 Å². The zero-order valence-corrected chi connectivity index (χ0v) is 12.1. The van der Waals surface area contributed by atoms with Gasteiger partial charge in [0.05, 0.1) is 9.82 Å². The van der Waals surface area contributed by atoms with Crippen molar-refractivity contribution in [1.29, 1.82) is 0 Å². The molecule has 0 bridgehead atoms. The summed E-state index contributed by atoms with van der Waals surface area (Å²) in [5.41, 5.74) is -0.128. The summed E-state index contributed by atoms with van der Waals surface area (Å²) in [5, 5.41) is 11.2. The average molecular weight is 337 g/mol. The van der Waals surface area contributed by atoms with Gasteiger partial charge in [0.15, 0.2) is 0 Å². The maximum atomic E-state index is 12.1. The molecule has 0 saturated heterocycles. The smallest absolute Gasteiger partial charge is 0.258 e. The second kappa shape index (κ2) is 6.26. The summed E-state index contributed by atoms with van der Waals surface area (Å²) in [4.78, 5) is 9.97. The first-order chi connectivity index (χ1) is 8.39. The minimum absolute atomic E-state index is 0.0603. The molecule has 0 fully saturated rings. The predicted molar refractivity (Wildman–Crippen MR) is 71.3 cm³/mol. The first-order valence-corrected chi connectivity index (χ1v) is 7.72. The average Bonchev–Trinajstić information content (AvgIpc) is 2.35. The Bertz CT molecular complexity index is 515. The summed E-state index contributed by atoms with van der Waals surface area (Å²) in [7, 11) is -2.08. The van der Waals surface area contributed by atoms with Gasteiger partial charge in [-0.05, 0) is 18.6 Å². The number of nitro benzene ring substituents is 1. The van der Waals surface area contributed by atoms with Crippen molar-refractivity contribution < 1.29 is 13.3 Å². The number of hydrogen-bond acceptors (Lipinski definition) is 4. The molecule has 18 heavy (non-hydrogen) atoms. The third-order valence-corrected chi connectivity index (χ3v) is 4.79. The van der Waals surface area contributed by atoms with E-state index in [0.29, 0.717) is 18.3 Å². The van der Waals surface area contributed by atoms with Gasteiger partial charge in [-0.1, -0.05) is 15.9 Å². The number of sulfonamides is 1. The summed E-state index contributed by atoms with van der Waals surface area (Å²) < 4.78 is 25.4. The van der Waals surface area contributed by atoms with Crippen molar-refractivity contribution in [3.8, 4) is 0 Å². The fourth-order valence-corrected chi connectivity index (χ4v) is 2.78. The number of non-ortho nitro benzene ring substituents is 1. The van der Waals surface area contributed by atoms with Crippen LogP contribution in [0.4, 0.5) is 5.69 Å². The molecular formula is C10H13BrN2O4S. The van der Waals surface area contributed by atoms with Crippen LogP contribution >= 0.6 is 15.9 Å². The summed E-state index contributed by atoms with van der Waals surface area (Å²) in [5.74, 6) is 0. The molecule has 8 heteroatoms. The minimum Gasteiger partial charge on any atom is -0.258 e. The van der Waals surface area contributed by atoms with Gasteiger partial charge < -0.3 is 0 Å². The molecule has 0 aliphatic carbocycles. The van der Waals surface area contributed by atoms with E-state index >= 15 is 0 Å². The van der Waals surface area contributed by atoms with Crippen LogP contribution in [0.15, 0.2) is 29.2 Å². The molecule has 6 nitrogen and oxygen atoms in total. The van der Waals surface area contributed by atoms with Crippen LogP contribution in [0.1, 0.15) is 6.42 Å². The van der Waals surface area contributed by atoms with Crippen molar-refractivity contribution in [1.82, 2.24) is 4.31 Å². The maximum absolute atomic E-state index is 12.1. The van der Waals surface area contributed by atoms with Gasteiger partial charge in [-0.15, -0.1) is 0 Å². The number of nitro groups is 1. The van der Waals surface area contributed by atoms with E-state index in [4.69, 9.17) is 0 Å². The molecule has 100 valence electrons. The lowest BCUT2D eigenvalue weighted by atomic mass is 10.3. The Morgan fingerprint density at radius 1 is 1.33 bits per heavy atom. The molecule has 0 amide bonds. The number of halogens is 1. The third-order valence-electron chi connectivity index (χ3n) is 2.36. The van der Waals surface area contributed by atoms with Crippen molar-refractivity contribution in [3.05, 3.63) is 34.4 Å². The fraction of sp³-hybridized carbons (Fsp3) is 0.400. The topological polar surface area (TPSA) is 80.5 Å². The van der Waals surface area contributed by atoms with Gasteiger partial charge in [-0.25, -0.2) is 12.7 Å². The highest BCUT2D eigenvalue weighted by Crippen LogP contribution is 2.18. The van der Waals surface area contributed by atoms with Gasteiger partial charge in [-0.3, -0.25) is 10.1 Å². The van der Waals surface area contributed by atoms with Crippen LogP contribution in [0.5, 0.6) is 0 Å². The van der Waals surface area contributed by atoms with Gasteiger partial charge in [-0.2, -0.15) is 0 Å². The number of rotatable bonds is 6. The molecule has 0 N–H and O–H groups in total. The lowest BCUT2D eigenvalue weighted by molar-refractivity contribution is -0.384.